The predicted octanol–water partition coefficient (Wildman–Crippen LogP) is 3.72. The molecule has 0 saturated heterocycles. The van der Waals surface area contributed by atoms with Gasteiger partial charge in [-0.25, -0.2) is 9.78 Å². The quantitative estimate of drug-likeness (QED) is 0.586. The van der Waals surface area contributed by atoms with Crippen molar-refractivity contribution in [2.24, 2.45) is 0 Å². The summed E-state index contributed by atoms with van der Waals surface area (Å²) in [6, 6.07) is 7.89. The lowest BCUT2D eigenvalue weighted by atomic mass is 9.87. The van der Waals surface area contributed by atoms with Crippen LogP contribution in [0.4, 0.5) is 0 Å². The first kappa shape index (κ1) is 22.0. The Labute approximate surface area is 178 Å². The lowest BCUT2D eigenvalue weighted by Crippen LogP contribution is -2.29. The average molecular weight is 431 g/mol. The Hall–Kier alpha value is -2.71. The van der Waals surface area contributed by atoms with Gasteiger partial charge in [-0.2, -0.15) is 0 Å². The van der Waals surface area contributed by atoms with E-state index in [2.05, 4.69) is 25.8 Å². The van der Waals surface area contributed by atoms with Crippen LogP contribution in [0.2, 0.25) is 0 Å². The maximum atomic E-state index is 13.1. The number of aromatic nitrogens is 2. The monoisotopic (exact) mass is 430 g/mol. The molecule has 0 radical (unpaired) electrons. The van der Waals surface area contributed by atoms with E-state index in [-0.39, 0.29) is 35.1 Å². The number of ether oxygens (including phenoxy) is 2. The molecule has 0 unspecified atom stereocenters. The summed E-state index contributed by atoms with van der Waals surface area (Å²) < 4.78 is 12.5. The molecule has 0 amide bonds. The number of rotatable bonds is 8. The fourth-order valence-electron chi connectivity index (χ4n) is 3.14. The van der Waals surface area contributed by atoms with Gasteiger partial charge in [-0.3, -0.25) is 9.36 Å². The second-order valence-electron chi connectivity index (χ2n) is 7.99. The highest BCUT2D eigenvalue weighted by atomic mass is 32.1. The van der Waals surface area contributed by atoms with Crippen LogP contribution in [0.5, 0.6) is 5.75 Å². The summed E-state index contributed by atoms with van der Waals surface area (Å²) in [4.78, 5) is 29.5. The Bertz CT molecular complexity index is 1090. The van der Waals surface area contributed by atoms with E-state index in [1.54, 1.807) is 7.11 Å². The second kappa shape index (κ2) is 8.97. The van der Waals surface area contributed by atoms with Gasteiger partial charge in [0.05, 0.1) is 24.1 Å². The standard InChI is InChI=1S/C22H26N2O5S/c1-22(2,3)14-5-7-15(8-6-14)29-12-10-24-17(9-11-28-4)23-19-18(20(24)25)16(13-30-19)21(26)27/h5-8,13H,9-12H2,1-4H3,(H,26,27). The molecule has 0 aliphatic rings. The zero-order valence-electron chi connectivity index (χ0n) is 17.6. The number of carbonyl (C=O) groups is 1. The van der Waals surface area contributed by atoms with Crippen molar-refractivity contribution in [3.05, 3.63) is 57.0 Å². The number of carboxylic acid groups (broad SMARTS) is 1. The third-order valence-electron chi connectivity index (χ3n) is 4.84. The van der Waals surface area contributed by atoms with Gasteiger partial charge in [0.25, 0.3) is 5.56 Å². The van der Waals surface area contributed by atoms with Gasteiger partial charge >= 0.3 is 5.97 Å². The number of thiophene rings is 1. The van der Waals surface area contributed by atoms with Crippen molar-refractivity contribution in [2.45, 2.75) is 39.2 Å². The minimum absolute atomic E-state index is 0.0155. The summed E-state index contributed by atoms with van der Waals surface area (Å²) in [6.45, 7) is 7.37. The van der Waals surface area contributed by atoms with E-state index in [1.165, 1.54) is 15.5 Å². The highest BCUT2D eigenvalue weighted by molar-refractivity contribution is 7.17. The molecule has 30 heavy (non-hydrogen) atoms. The Morgan fingerprint density at radius 3 is 2.50 bits per heavy atom. The first-order chi connectivity index (χ1) is 14.2. The summed E-state index contributed by atoms with van der Waals surface area (Å²) in [5.41, 5.74) is 0.891. The van der Waals surface area contributed by atoms with Crippen LogP contribution < -0.4 is 10.3 Å². The van der Waals surface area contributed by atoms with Crippen molar-refractivity contribution < 1.29 is 19.4 Å². The zero-order valence-corrected chi connectivity index (χ0v) is 18.4. The number of benzene rings is 1. The number of aromatic carboxylic acids is 1. The van der Waals surface area contributed by atoms with E-state index in [0.29, 0.717) is 29.4 Å². The maximum absolute atomic E-state index is 13.1. The summed E-state index contributed by atoms with van der Waals surface area (Å²) in [7, 11) is 1.58. The van der Waals surface area contributed by atoms with Gasteiger partial charge in [-0.1, -0.05) is 32.9 Å². The molecule has 0 aliphatic carbocycles. The van der Waals surface area contributed by atoms with Crippen LogP contribution in [-0.4, -0.2) is 41.0 Å². The molecule has 2 aromatic heterocycles. The third-order valence-corrected chi connectivity index (χ3v) is 5.71. The molecule has 160 valence electrons. The van der Waals surface area contributed by atoms with Crippen molar-refractivity contribution in [1.29, 1.82) is 0 Å². The molecule has 0 saturated carbocycles. The molecular weight excluding hydrogens is 404 g/mol. The minimum Gasteiger partial charge on any atom is -0.492 e. The fourth-order valence-corrected chi connectivity index (χ4v) is 4.07. The predicted molar refractivity (Wildman–Crippen MR) is 117 cm³/mol. The molecule has 0 atom stereocenters. The number of hydrogen-bond donors (Lipinski definition) is 1. The van der Waals surface area contributed by atoms with Gasteiger partial charge in [-0.15, -0.1) is 11.3 Å². The number of methoxy groups -OCH3 is 1. The van der Waals surface area contributed by atoms with Crippen LogP contribution >= 0.6 is 11.3 Å². The zero-order chi connectivity index (χ0) is 21.9. The molecular formula is C22H26N2O5S. The summed E-state index contributed by atoms with van der Waals surface area (Å²) in [6.07, 6.45) is 0.447. The molecule has 0 aliphatic heterocycles. The lowest BCUT2D eigenvalue weighted by molar-refractivity contribution is 0.0699. The molecule has 8 heteroatoms. The first-order valence-corrected chi connectivity index (χ1v) is 10.6. The molecule has 3 aromatic rings. The Kier molecular flexibility index (Phi) is 6.58. The van der Waals surface area contributed by atoms with E-state index in [0.717, 1.165) is 11.3 Å². The summed E-state index contributed by atoms with van der Waals surface area (Å²) >= 11 is 1.16. The van der Waals surface area contributed by atoms with Crippen molar-refractivity contribution in [3.8, 4) is 5.75 Å². The van der Waals surface area contributed by atoms with Crippen molar-refractivity contribution in [1.82, 2.24) is 9.55 Å². The smallest absolute Gasteiger partial charge is 0.337 e. The number of carboxylic acids is 1. The topological polar surface area (TPSA) is 90.7 Å². The largest absolute Gasteiger partial charge is 0.492 e. The normalized spacial score (nSPS) is 11.7. The molecule has 7 nitrogen and oxygen atoms in total. The SMILES string of the molecule is COCCc1nc2scc(C(=O)O)c2c(=O)n1CCOc1ccc(C(C)(C)C)cc1. The van der Waals surface area contributed by atoms with Crippen molar-refractivity contribution in [3.63, 3.8) is 0 Å². The highest BCUT2D eigenvalue weighted by Gasteiger charge is 2.19. The first-order valence-electron chi connectivity index (χ1n) is 9.69. The molecule has 1 N–H and O–H groups in total. The molecule has 2 heterocycles. The van der Waals surface area contributed by atoms with E-state index < -0.39 is 5.97 Å². The Morgan fingerprint density at radius 2 is 1.90 bits per heavy atom. The van der Waals surface area contributed by atoms with Gasteiger partial charge in [0, 0.05) is 18.9 Å². The highest BCUT2D eigenvalue weighted by Crippen LogP contribution is 2.24. The van der Waals surface area contributed by atoms with Crippen LogP contribution in [0.15, 0.2) is 34.4 Å². The molecule has 1 aromatic carbocycles. The summed E-state index contributed by atoms with van der Waals surface area (Å²) in [5, 5.41) is 11.0. The van der Waals surface area contributed by atoms with E-state index in [4.69, 9.17) is 9.47 Å². The summed E-state index contributed by atoms with van der Waals surface area (Å²) in [5.74, 6) is 0.136. The van der Waals surface area contributed by atoms with Gasteiger partial charge in [0.1, 0.15) is 23.0 Å². The third kappa shape index (κ3) is 4.71. The van der Waals surface area contributed by atoms with E-state index in [9.17, 15) is 14.7 Å². The fraction of sp³-hybridized carbons (Fsp3) is 0.409. The minimum atomic E-state index is -1.13. The molecule has 3 rings (SSSR count). The van der Waals surface area contributed by atoms with Crippen molar-refractivity contribution in [2.75, 3.05) is 20.3 Å². The second-order valence-corrected chi connectivity index (χ2v) is 8.84. The number of fused-ring (bicyclic) bond motifs is 1. The number of hydrogen-bond acceptors (Lipinski definition) is 6. The maximum Gasteiger partial charge on any atom is 0.337 e. The van der Waals surface area contributed by atoms with Gasteiger partial charge in [0.2, 0.25) is 0 Å². The van der Waals surface area contributed by atoms with Crippen molar-refractivity contribution >= 4 is 27.5 Å². The number of nitrogens with zero attached hydrogens (tertiary/aromatic N) is 2. The van der Waals surface area contributed by atoms with E-state index in [1.807, 2.05) is 24.3 Å². The Morgan fingerprint density at radius 1 is 1.20 bits per heavy atom. The van der Waals surface area contributed by atoms with Gasteiger partial charge in [0.15, 0.2) is 0 Å². The van der Waals surface area contributed by atoms with Crippen LogP contribution in [0.3, 0.4) is 0 Å². The lowest BCUT2D eigenvalue weighted by Gasteiger charge is -2.19. The molecule has 0 fully saturated rings. The van der Waals surface area contributed by atoms with Gasteiger partial charge in [-0.05, 0) is 23.1 Å². The average Bonchev–Trinajstić information content (AvgIpc) is 3.12. The van der Waals surface area contributed by atoms with Crippen LogP contribution in [0, 0.1) is 0 Å². The van der Waals surface area contributed by atoms with E-state index >= 15 is 0 Å². The van der Waals surface area contributed by atoms with Crippen LogP contribution in [0.1, 0.15) is 42.5 Å². The van der Waals surface area contributed by atoms with Crippen LogP contribution in [-0.2, 0) is 23.1 Å². The Balaban J connectivity index is 1.84. The van der Waals surface area contributed by atoms with Gasteiger partial charge < -0.3 is 14.6 Å². The molecule has 0 spiro atoms. The van der Waals surface area contributed by atoms with Crippen LogP contribution in [0.25, 0.3) is 10.2 Å². The molecule has 0 bridgehead atoms.